The molecule has 1 unspecified atom stereocenters. The van der Waals surface area contributed by atoms with Crippen molar-refractivity contribution < 1.29 is 4.79 Å². The lowest BCUT2D eigenvalue weighted by molar-refractivity contribution is -0.127. The van der Waals surface area contributed by atoms with Crippen LogP contribution in [0.3, 0.4) is 0 Å². The molecule has 0 spiro atoms. The molecule has 4 heteroatoms. The van der Waals surface area contributed by atoms with Gasteiger partial charge in [0.1, 0.15) is 5.41 Å². The Hall–Kier alpha value is -1.08. The molecule has 0 bridgehead atoms. The molecule has 102 valence electrons. The van der Waals surface area contributed by atoms with Crippen molar-refractivity contribution in [1.29, 1.82) is 5.26 Å². The highest BCUT2D eigenvalue weighted by molar-refractivity contribution is 5.84. The van der Waals surface area contributed by atoms with E-state index < -0.39 is 5.41 Å². The van der Waals surface area contributed by atoms with Crippen LogP contribution in [0.5, 0.6) is 0 Å². The summed E-state index contributed by atoms with van der Waals surface area (Å²) >= 11 is 0. The molecule has 0 radical (unpaired) electrons. The van der Waals surface area contributed by atoms with E-state index in [1.54, 1.807) is 6.92 Å². The number of amides is 1. The van der Waals surface area contributed by atoms with E-state index in [0.29, 0.717) is 18.9 Å². The smallest absolute Gasteiger partial charge is 0.240 e. The fourth-order valence-corrected chi connectivity index (χ4v) is 2.23. The molecule has 1 aliphatic rings. The SMILES string of the molecule is CCN1CCC(CNC(=O)C(C)(C#N)CC)CC1. The minimum atomic E-state index is -0.871. The number of rotatable bonds is 5. The van der Waals surface area contributed by atoms with Gasteiger partial charge in [-0.15, -0.1) is 0 Å². The Morgan fingerprint density at radius 1 is 1.44 bits per heavy atom. The number of likely N-dealkylation sites (tertiary alicyclic amines) is 1. The molecule has 0 saturated carbocycles. The molecule has 0 aromatic carbocycles. The molecule has 1 amide bonds. The fraction of sp³-hybridized carbons (Fsp3) is 0.857. The Morgan fingerprint density at radius 2 is 2.06 bits per heavy atom. The van der Waals surface area contributed by atoms with Crippen LogP contribution in [-0.4, -0.2) is 37.0 Å². The van der Waals surface area contributed by atoms with Gasteiger partial charge < -0.3 is 10.2 Å². The van der Waals surface area contributed by atoms with Gasteiger partial charge in [-0.05, 0) is 51.7 Å². The second-order valence-corrected chi connectivity index (χ2v) is 5.39. The number of carbonyl (C=O) groups is 1. The minimum Gasteiger partial charge on any atom is -0.354 e. The molecule has 1 N–H and O–H groups in total. The first-order valence-electron chi connectivity index (χ1n) is 6.97. The Morgan fingerprint density at radius 3 is 2.50 bits per heavy atom. The van der Waals surface area contributed by atoms with Crippen LogP contribution in [-0.2, 0) is 4.79 Å². The molecule has 0 aromatic rings. The number of piperidine rings is 1. The standard InChI is InChI=1S/C14H25N3O/c1-4-14(3,11-15)13(18)16-10-12-6-8-17(5-2)9-7-12/h12H,4-10H2,1-3H3,(H,16,18). The minimum absolute atomic E-state index is 0.120. The lowest BCUT2D eigenvalue weighted by Crippen LogP contribution is -2.42. The van der Waals surface area contributed by atoms with E-state index in [-0.39, 0.29) is 5.91 Å². The fourth-order valence-electron chi connectivity index (χ4n) is 2.23. The highest BCUT2D eigenvalue weighted by Gasteiger charge is 2.31. The zero-order valence-corrected chi connectivity index (χ0v) is 11.8. The average Bonchev–Trinajstić information content (AvgIpc) is 2.44. The number of nitrogens with one attached hydrogen (secondary N) is 1. The molecule has 1 rings (SSSR count). The van der Waals surface area contributed by atoms with Crippen molar-refractivity contribution in [2.45, 2.75) is 40.0 Å². The first kappa shape index (κ1) is 15.0. The normalized spacial score (nSPS) is 21.0. The maximum absolute atomic E-state index is 11.9. The first-order chi connectivity index (χ1) is 8.55. The molecule has 4 nitrogen and oxygen atoms in total. The van der Waals surface area contributed by atoms with Crippen LogP contribution >= 0.6 is 0 Å². The Balaban J connectivity index is 2.34. The first-order valence-corrected chi connectivity index (χ1v) is 6.97. The summed E-state index contributed by atoms with van der Waals surface area (Å²) in [4.78, 5) is 14.4. The highest BCUT2D eigenvalue weighted by Crippen LogP contribution is 2.21. The van der Waals surface area contributed by atoms with Crippen LogP contribution in [0.4, 0.5) is 0 Å². The Kier molecular flexibility index (Phi) is 5.61. The van der Waals surface area contributed by atoms with Crippen molar-refractivity contribution in [3.05, 3.63) is 0 Å². The van der Waals surface area contributed by atoms with Crippen LogP contribution in [0.2, 0.25) is 0 Å². The van der Waals surface area contributed by atoms with Crippen molar-refractivity contribution in [2.75, 3.05) is 26.2 Å². The quantitative estimate of drug-likeness (QED) is 0.810. The van der Waals surface area contributed by atoms with E-state index in [0.717, 1.165) is 32.5 Å². The number of nitriles is 1. The lowest BCUT2D eigenvalue weighted by atomic mass is 9.88. The number of hydrogen-bond donors (Lipinski definition) is 1. The van der Waals surface area contributed by atoms with Crippen molar-refractivity contribution in [2.24, 2.45) is 11.3 Å². The van der Waals surface area contributed by atoms with Gasteiger partial charge in [0, 0.05) is 6.54 Å². The maximum Gasteiger partial charge on any atom is 0.240 e. The third-order valence-corrected chi connectivity index (χ3v) is 4.16. The van der Waals surface area contributed by atoms with E-state index in [9.17, 15) is 4.79 Å². The summed E-state index contributed by atoms with van der Waals surface area (Å²) in [6.07, 6.45) is 2.84. The number of hydrogen-bond acceptors (Lipinski definition) is 3. The molecule has 0 aliphatic carbocycles. The van der Waals surface area contributed by atoms with Crippen molar-refractivity contribution >= 4 is 5.91 Å². The topological polar surface area (TPSA) is 56.1 Å². The van der Waals surface area contributed by atoms with E-state index in [2.05, 4.69) is 23.2 Å². The van der Waals surface area contributed by atoms with Crippen LogP contribution in [0.25, 0.3) is 0 Å². The molecule has 1 saturated heterocycles. The third-order valence-electron chi connectivity index (χ3n) is 4.16. The molecular formula is C14H25N3O. The van der Waals surface area contributed by atoms with E-state index in [4.69, 9.17) is 5.26 Å². The van der Waals surface area contributed by atoms with E-state index in [1.165, 1.54) is 0 Å². The van der Waals surface area contributed by atoms with Gasteiger partial charge in [-0.25, -0.2) is 0 Å². The van der Waals surface area contributed by atoms with E-state index >= 15 is 0 Å². The van der Waals surface area contributed by atoms with Gasteiger partial charge in [0.15, 0.2) is 0 Å². The molecular weight excluding hydrogens is 226 g/mol. The number of nitrogens with zero attached hydrogens (tertiary/aromatic N) is 2. The molecule has 1 fully saturated rings. The second kappa shape index (κ2) is 6.75. The Labute approximate surface area is 110 Å². The third kappa shape index (κ3) is 3.71. The summed E-state index contributed by atoms with van der Waals surface area (Å²) in [5, 5.41) is 12.0. The van der Waals surface area contributed by atoms with Gasteiger partial charge in [0.25, 0.3) is 0 Å². The predicted octanol–water partition coefficient (Wildman–Crippen LogP) is 1.77. The molecule has 18 heavy (non-hydrogen) atoms. The zero-order valence-electron chi connectivity index (χ0n) is 11.8. The molecule has 1 heterocycles. The van der Waals surface area contributed by atoms with Crippen molar-refractivity contribution in [3.8, 4) is 6.07 Å². The molecule has 1 atom stereocenters. The van der Waals surface area contributed by atoms with Crippen LogP contribution in [0, 0.1) is 22.7 Å². The maximum atomic E-state index is 11.9. The summed E-state index contributed by atoms with van der Waals surface area (Å²) < 4.78 is 0. The summed E-state index contributed by atoms with van der Waals surface area (Å²) in [6, 6.07) is 2.11. The summed E-state index contributed by atoms with van der Waals surface area (Å²) in [5.74, 6) is 0.446. The largest absolute Gasteiger partial charge is 0.354 e. The van der Waals surface area contributed by atoms with Crippen LogP contribution < -0.4 is 5.32 Å². The van der Waals surface area contributed by atoms with Crippen molar-refractivity contribution in [1.82, 2.24) is 10.2 Å². The highest BCUT2D eigenvalue weighted by atomic mass is 16.2. The van der Waals surface area contributed by atoms with Gasteiger partial charge in [0.2, 0.25) is 5.91 Å². The predicted molar refractivity (Wildman–Crippen MR) is 71.9 cm³/mol. The van der Waals surface area contributed by atoms with Crippen LogP contribution in [0.15, 0.2) is 0 Å². The monoisotopic (exact) mass is 251 g/mol. The van der Waals surface area contributed by atoms with Gasteiger partial charge in [-0.2, -0.15) is 5.26 Å². The Bertz CT molecular complexity index is 315. The summed E-state index contributed by atoms with van der Waals surface area (Å²) in [6.45, 7) is 9.85. The number of carbonyl (C=O) groups excluding carboxylic acids is 1. The summed E-state index contributed by atoms with van der Waals surface area (Å²) in [5.41, 5.74) is -0.871. The lowest BCUT2D eigenvalue weighted by Gasteiger charge is -2.31. The van der Waals surface area contributed by atoms with Gasteiger partial charge >= 0.3 is 0 Å². The van der Waals surface area contributed by atoms with Crippen LogP contribution in [0.1, 0.15) is 40.0 Å². The van der Waals surface area contributed by atoms with Gasteiger partial charge in [-0.3, -0.25) is 4.79 Å². The average molecular weight is 251 g/mol. The van der Waals surface area contributed by atoms with E-state index in [1.807, 2.05) is 6.92 Å². The molecule has 1 aliphatic heterocycles. The molecule has 0 aromatic heterocycles. The second-order valence-electron chi connectivity index (χ2n) is 5.39. The summed E-state index contributed by atoms with van der Waals surface area (Å²) in [7, 11) is 0. The van der Waals surface area contributed by atoms with Gasteiger partial charge in [-0.1, -0.05) is 13.8 Å². The van der Waals surface area contributed by atoms with Crippen molar-refractivity contribution in [3.63, 3.8) is 0 Å². The zero-order chi connectivity index (χ0) is 13.6. The van der Waals surface area contributed by atoms with Gasteiger partial charge in [0.05, 0.1) is 6.07 Å².